The molecule has 1 aliphatic carbocycles. The highest BCUT2D eigenvalue weighted by atomic mass is 16.5. The lowest BCUT2D eigenvalue weighted by Gasteiger charge is -2.32. The van der Waals surface area contributed by atoms with Crippen LogP contribution in [0.5, 0.6) is 0 Å². The number of amides is 2. The SMILES string of the molecule is CCN(CC)CCOCc1cn(C2(CNC(=O)Nc3c(C(C)C)cccc3C(C)C)CCCC2)c2ncccc12. The zero-order valence-electron chi connectivity index (χ0n) is 25.4. The van der Waals surface area contributed by atoms with E-state index in [1.54, 1.807) is 0 Å². The highest BCUT2D eigenvalue weighted by Crippen LogP contribution is 2.39. The molecule has 0 saturated heterocycles. The van der Waals surface area contributed by atoms with Gasteiger partial charge in [-0.1, -0.05) is 72.6 Å². The molecular formula is C33H49N5O2. The Hall–Kier alpha value is -2.90. The Morgan fingerprint density at radius 1 is 1.05 bits per heavy atom. The van der Waals surface area contributed by atoms with Gasteiger partial charge in [0.1, 0.15) is 5.65 Å². The molecule has 0 aliphatic heterocycles. The lowest BCUT2D eigenvalue weighted by atomic mass is 9.92. The van der Waals surface area contributed by atoms with Crippen LogP contribution < -0.4 is 10.6 Å². The van der Waals surface area contributed by atoms with E-state index in [0.29, 0.717) is 31.6 Å². The number of urea groups is 1. The molecule has 1 aliphatic rings. The maximum atomic E-state index is 13.4. The lowest BCUT2D eigenvalue weighted by Crippen LogP contribution is -2.44. The minimum atomic E-state index is -0.206. The second-order valence-electron chi connectivity index (χ2n) is 11.8. The fourth-order valence-corrected chi connectivity index (χ4v) is 6.15. The number of nitrogens with one attached hydrogen (secondary N) is 2. The van der Waals surface area contributed by atoms with Crippen molar-refractivity contribution in [3.63, 3.8) is 0 Å². The minimum Gasteiger partial charge on any atom is -0.375 e. The molecule has 1 saturated carbocycles. The van der Waals surface area contributed by atoms with E-state index in [2.05, 4.69) is 92.1 Å². The van der Waals surface area contributed by atoms with Crippen LogP contribution in [0.4, 0.5) is 10.5 Å². The maximum absolute atomic E-state index is 13.4. The molecule has 0 atom stereocenters. The normalized spacial score (nSPS) is 15.0. The number of nitrogens with zero attached hydrogens (tertiary/aromatic N) is 3. The van der Waals surface area contributed by atoms with Crippen LogP contribution in [0.3, 0.4) is 0 Å². The number of anilines is 1. The Morgan fingerprint density at radius 2 is 1.73 bits per heavy atom. The summed E-state index contributed by atoms with van der Waals surface area (Å²) in [4.78, 5) is 20.5. The quantitative estimate of drug-likeness (QED) is 0.221. The van der Waals surface area contributed by atoms with Gasteiger partial charge < -0.3 is 24.8 Å². The van der Waals surface area contributed by atoms with Crippen molar-refractivity contribution >= 4 is 22.8 Å². The number of para-hydroxylation sites is 1. The molecule has 2 amide bonds. The summed E-state index contributed by atoms with van der Waals surface area (Å²) >= 11 is 0. The van der Waals surface area contributed by atoms with Gasteiger partial charge in [0.05, 0.1) is 18.8 Å². The minimum absolute atomic E-state index is 0.148. The van der Waals surface area contributed by atoms with Gasteiger partial charge in [-0.05, 0) is 61.0 Å². The first-order valence-electron chi connectivity index (χ1n) is 15.2. The average molecular weight is 548 g/mol. The number of hydrogen-bond donors (Lipinski definition) is 2. The van der Waals surface area contributed by atoms with Crippen molar-refractivity contribution < 1.29 is 9.53 Å². The van der Waals surface area contributed by atoms with Crippen LogP contribution in [0, 0.1) is 0 Å². The number of aromatic nitrogens is 2. The van der Waals surface area contributed by atoms with Gasteiger partial charge in [-0.3, -0.25) is 0 Å². The van der Waals surface area contributed by atoms with Crippen molar-refractivity contribution in [3.8, 4) is 0 Å². The zero-order chi connectivity index (χ0) is 28.7. The van der Waals surface area contributed by atoms with Gasteiger partial charge in [-0.25, -0.2) is 9.78 Å². The highest BCUT2D eigenvalue weighted by molar-refractivity contribution is 5.91. The maximum Gasteiger partial charge on any atom is 0.319 e. The van der Waals surface area contributed by atoms with E-state index in [0.717, 1.165) is 67.6 Å². The van der Waals surface area contributed by atoms with Gasteiger partial charge in [0.15, 0.2) is 0 Å². The standard InChI is InChI=1S/C33H49N5O2/c1-7-37(8-2)19-20-40-22-26-21-38(31-29(26)15-12-18-34-31)33(16-9-10-17-33)23-35-32(39)36-30-27(24(3)4)13-11-14-28(30)25(5)6/h11-15,18,21,24-25H,7-10,16-17,19-20,22-23H2,1-6H3,(H2,35,36,39). The fourth-order valence-electron chi connectivity index (χ4n) is 6.15. The summed E-state index contributed by atoms with van der Waals surface area (Å²) in [5, 5.41) is 7.62. The Morgan fingerprint density at radius 3 is 2.35 bits per heavy atom. The molecular weight excluding hydrogens is 498 g/mol. The van der Waals surface area contributed by atoms with E-state index in [4.69, 9.17) is 9.72 Å². The van der Waals surface area contributed by atoms with E-state index >= 15 is 0 Å². The second-order valence-corrected chi connectivity index (χ2v) is 11.8. The Kier molecular flexibility index (Phi) is 10.3. The number of likely N-dealkylation sites (N-methyl/N-ethyl adjacent to an activating group) is 1. The van der Waals surface area contributed by atoms with Gasteiger partial charge in [0, 0.05) is 42.1 Å². The Bertz CT molecular complexity index is 1230. The lowest BCUT2D eigenvalue weighted by molar-refractivity contribution is 0.0960. The Labute approximate surface area is 240 Å². The molecule has 218 valence electrons. The molecule has 0 radical (unpaired) electrons. The van der Waals surface area contributed by atoms with Crippen molar-refractivity contribution in [3.05, 3.63) is 59.4 Å². The van der Waals surface area contributed by atoms with Crippen molar-refractivity contribution in [2.24, 2.45) is 0 Å². The molecule has 7 heteroatoms. The molecule has 1 aromatic carbocycles. The fraction of sp³-hybridized carbons (Fsp3) is 0.576. The zero-order valence-corrected chi connectivity index (χ0v) is 25.4. The van der Waals surface area contributed by atoms with Crippen LogP contribution in [0.1, 0.15) is 95.8 Å². The van der Waals surface area contributed by atoms with Crippen LogP contribution in [-0.4, -0.2) is 53.3 Å². The third-order valence-electron chi connectivity index (χ3n) is 8.58. The largest absolute Gasteiger partial charge is 0.375 e. The predicted octanol–water partition coefficient (Wildman–Crippen LogP) is 7.23. The van der Waals surface area contributed by atoms with Crippen LogP contribution in [0.2, 0.25) is 0 Å². The van der Waals surface area contributed by atoms with E-state index in [-0.39, 0.29) is 11.6 Å². The van der Waals surface area contributed by atoms with Crippen molar-refractivity contribution in [2.75, 3.05) is 38.1 Å². The number of fused-ring (bicyclic) bond motifs is 1. The third-order valence-corrected chi connectivity index (χ3v) is 8.58. The summed E-state index contributed by atoms with van der Waals surface area (Å²) in [6.07, 6.45) is 8.39. The second kappa shape index (κ2) is 13.6. The number of hydrogen-bond acceptors (Lipinski definition) is 4. The number of rotatable bonds is 13. The number of ether oxygens (including phenoxy) is 1. The van der Waals surface area contributed by atoms with Gasteiger partial charge >= 0.3 is 6.03 Å². The van der Waals surface area contributed by atoms with Crippen LogP contribution in [-0.2, 0) is 16.9 Å². The number of pyridine rings is 1. The summed E-state index contributed by atoms with van der Waals surface area (Å²) in [5.74, 6) is 0.639. The summed E-state index contributed by atoms with van der Waals surface area (Å²) in [5.41, 5.74) is 5.21. The van der Waals surface area contributed by atoms with Gasteiger partial charge in [-0.15, -0.1) is 0 Å². The molecule has 40 heavy (non-hydrogen) atoms. The van der Waals surface area contributed by atoms with Crippen molar-refractivity contribution in [1.82, 2.24) is 19.8 Å². The average Bonchev–Trinajstić information content (AvgIpc) is 3.58. The van der Waals surface area contributed by atoms with Gasteiger partial charge in [0.2, 0.25) is 0 Å². The van der Waals surface area contributed by atoms with E-state index in [9.17, 15) is 4.79 Å². The van der Waals surface area contributed by atoms with E-state index < -0.39 is 0 Å². The van der Waals surface area contributed by atoms with E-state index in [1.807, 2.05) is 12.3 Å². The first-order chi connectivity index (χ1) is 19.3. The third kappa shape index (κ3) is 6.69. The first-order valence-corrected chi connectivity index (χ1v) is 15.2. The number of benzene rings is 1. The molecule has 4 rings (SSSR count). The first kappa shape index (κ1) is 30.1. The van der Waals surface area contributed by atoms with E-state index in [1.165, 1.54) is 11.1 Å². The molecule has 2 heterocycles. The smallest absolute Gasteiger partial charge is 0.319 e. The molecule has 2 N–H and O–H groups in total. The van der Waals surface area contributed by atoms with Gasteiger partial charge in [-0.2, -0.15) is 0 Å². The van der Waals surface area contributed by atoms with Crippen molar-refractivity contribution in [1.29, 1.82) is 0 Å². The Balaban J connectivity index is 1.53. The highest BCUT2D eigenvalue weighted by Gasteiger charge is 2.37. The summed E-state index contributed by atoms with van der Waals surface area (Å²) in [6.45, 7) is 17.9. The topological polar surface area (TPSA) is 71.4 Å². The summed E-state index contributed by atoms with van der Waals surface area (Å²) in [7, 11) is 0. The molecule has 0 spiro atoms. The molecule has 3 aromatic rings. The summed E-state index contributed by atoms with van der Waals surface area (Å²) in [6, 6.07) is 10.3. The molecule has 1 fully saturated rings. The monoisotopic (exact) mass is 547 g/mol. The van der Waals surface area contributed by atoms with Crippen LogP contribution in [0.15, 0.2) is 42.7 Å². The molecule has 0 unspecified atom stereocenters. The molecule has 0 bridgehead atoms. The molecule has 2 aromatic heterocycles. The number of carbonyl (C=O) groups is 1. The number of carbonyl (C=O) groups excluding carboxylic acids is 1. The van der Waals surface area contributed by atoms with Crippen molar-refractivity contribution in [2.45, 2.75) is 91.2 Å². The van der Waals surface area contributed by atoms with Gasteiger partial charge in [0.25, 0.3) is 0 Å². The van der Waals surface area contributed by atoms with Crippen LogP contribution in [0.25, 0.3) is 11.0 Å². The van der Waals surface area contributed by atoms with Crippen LogP contribution >= 0.6 is 0 Å². The molecule has 7 nitrogen and oxygen atoms in total. The predicted molar refractivity (Wildman–Crippen MR) is 165 cm³/mol. The summed E-state index contributed by atoms with van der Waals surface area (Å²) < 4.78 is 8.47.